The first-order chi connectivity index (χ1) is 13.7. The van der Waals surface area contributed by atoms with Gasteiger partial charge in [0.1, 0.15) is 11.5 Å². The molecule has 0 fully saturated rings. The fourth-order valence-corrected chi connectivity index (χ4v) is 3.35. The van der Waals surface area contributed by atoms with Crippen LogP contribution in [0.1, 0.15) is 62.7 Å². The Morgan fingerprint density at radius 1 is 0.633 bits per heavy atom. The predicted molar refractivity (Wildman–Crippen MR) is 132 cm³/mol. The molecule has 6 heteroatoms. The van der Waals surface area contributed by atoms with Crippen LogP contribution >= 0.6 is 24.8 Å². The molecular weight excluding hydrogens is 419 g/mol. The number of unbranched alkanes of at least 4 members (excludes halogenated alkanes) is 2. The van der Waals surface area contributed by atoms with Gasteiger partial charge in [-0.2, -0.15) is 0 Å². The molecule has 170 valence electrons. The Morgan fingerprint density at radius 3 is 1.23 bits per heavy atom. The van der Waals surface area contributed by atoms with Crippen molar-refractivity contribution in [2.45, 2.75) is 51.6 Å². The molecule has 2 N–H and O–H groups in total. The van der Waals surface area contributed by atoms with E-state index in [4.69, 9.17) is 9.47 Å². The first-order valence-corrected chi connectivity index (χ1v) is 10.5. The van der Waals surface area contributed by atoms with Crippen molar-refractivity contribution in [2.24, 2.45) is 0 Å². The molecule has 2 atom stereocenters. The summed E-state index contributed by atoms with van der Waals surface area (Å²) in [7, 11) is 3.41. The first-order valence-electron chi connectivity index (χ1n) is 10.5. The third kappa shape index (κ3) is 8.73. The van der Waals surface area contributed by atoms with Gasteiger partial charge in [0.15, 0.2) is 0 Å². The molecular formula is C24H38Cl2N2O2. The summed E-state index contributed by atoms with van der Waals surface area (Å²) in [5, 5.41) is 7.59. The van der Waals surface area contributed by atoms with E-state index in [1.165, 1.54) is 24.0 Å². The van der Waals surface area contributed by atoms with E-state index in [-0.39, 0.29) is 36.9 Å². The van der Waals surface area contributed by atoms with E-state index < -0.39 is 0 Å². The van der Waals surface area contributed by atoms with Crippen molar-refractivity contribution in [1.29, 1.82) is 0 Å². The van der Waals surface area contributed by atoms with E-state index in [0.717, 1.165) is 37.4 Å². The molecule has 2 aromatic rings. The van der Waals surface area contributed by atoms with Gasteiger partial charge < -0.3 is 20.1 Å². The molecule has 0 heterocycles. The molecule has 2 aromatic carbocycles. The molecule has 0 saturated carbocycles. The SMILES string of the molecule is CCCCNC(c1ccc(OC)cc1)C(NCCCC)c1ccc(OC)cc1.Cl.Cl. The van der Waals surface area contributed by atoms with Crippen molar-refractivity contribution < 1.29 is 9.47 Å². The monoisotopic (exact) mass is 456 g/mol. The van der Waals surface area contributed by atoms with Gasteiger partial charge in [-0.1, -0.05) is 51.0 Å². The molecule has 30 heavy (non-hydrogen) atoms. The second kappa shape index (κ2) is 16.3. The van der Waals surface area contributed by atoms with E-state index in [2.05, 4.69) is 48.7 Å². The maximum atomic E-state index is 5.35. The van der Waals surface area contributed by atoms with Crippen LogP contribution in [-0.4, -0.2) is 27.3 Å². The van der Waals surface area contributed by atoms with E-state index in [1.54, 1.807) is 14.2 Å². The van der Waals surface area contributed by atoms with Crippen LogP contribution in [0.15, 0.2) is 48.5 Å². The van der Waals surface area contributed by atoms with Crippen LogP contribution in [-0.2, 0) is 0 Å². The lowest BCUT2D eigenvalue weighted by Crippen LogP contribution is -2.36. The van der Waals surface area contributed by atoms with Crippen molar-refractivity contribution in [1.82, 2.24) is 10.6 Å². The van der Waals surface area contributed by atoms with E-state index >= 15 is 0 Å². The molecule has 0 radical (unpaired) electrons. The lowest BCUT2D eigenvalue weighted by atomic mass is 9.92. The molecule has 0 aliphatic rings. The fraction of sp³-hybridized carbons (Fsp3) is 0.500. The van der Waals surface area contributed by atoms with E-state index in [1.807, 2.05) is 24.3 Å². The molecule has 0 aliphatic heterocycles. The Morgan fingerprint density at radius 2 is 0.967 bits per heavy atom. The van der Waals surface area contributed by atoms with Gasteiger partial charge in [0, 0.05) is 0 Å². The second-order valence-corrected chi connectivity index (χ2v) is 7.12. The number of hydrogen-bond donors (Lipinski definition) is 2. The van der Waals surface area contributed by atoms with Gasteiger partial charge in [-0.15, -0.1) is 24.8 Å². The van der Waals surface area contributed by atoms with Crippen molar-refractivity contribution in [3.8, 4) is 11.5 Å². The highest BCUT2D eigenvalue weighted by Gasteiger charge is 2.24. The molecule has 0 aromatic heterocycles. The molecule has 0 amide bonds. The predicted octanol–water partition coefficient (Wildman–Crippen LogP) is 6.11. The Bertz CT molecular complexity index is 606. The standard InChI is InChI=1S/C24H36N2O2.2ClH/c1-5-7-17-25-23(19-9-13-21(27-3)14-10-19)24(26-18-8-6-2)20-11-15-22(28-4)16-12-20;;/h9-16,23-26H,5-8,17-18H2,1-4H3;2*1H. The summed E-state index contributed by atoms with van der Waals surface area (Å²) < 4.78 is 10.7. The van der Waals surface area contributed by atoms with Gasteiger partial charge in [-0.3, -0.25) is 0 Å². The smallest absolute Gasteiger partial charge is 0.118 e. The quantitative estimate of drug-likeness (QED) is 0.356. The summed E-state index contributed by atoms with van der Waals surface area (Å²) >= 11 is 0. The van der Waals surface area contributed by atoms with Crippen molar-refractivity contribution in [3.63, 3.8) is 0 Å². The topological polar surface area (TPSA) is 42.5 Å². The lowest BCUT2D eigenvalue weighted by molar-refractivity contribution is 0.377. The van der Waals surface area contributed by atoms with Crippen LogP contribution < -0.4 is 20.1 Å². The Hall–Kier alpha value is -1.46. The summed E-state index contributed by atoms with van der Waals surface area (Å²) in [5.74, 6) is 1.77. The number of nitrogens with one attached hydrogen (secondary N) is 2. The fourth-order valence-electron chi connectivity index (χ4n) is 3.35. The Kier molecular flexibility index (Phi) is 15.5. The van der Waals surface area contributed by atoms with Crippen LogP contribution in [0.5, 0.6) is 11.5 Å². The van der Waals surface area contributed by atoms with Gasteiger partial charge in [0.2, 0.25) is 0 Å². The number of rotatable bonds is 13. The van der Waals surface area contributed by atoms with Gasteiger partial charge >= 0.3 is 0 Å². The van der Waals surface area contributed by atoms with Crippen LogP contribution in [0.25, 0.3) is 0 Å². The number of methoxy groups -OCH3 is 2. The summed E-state index contributed by atoms with van der Waals surface area (Å²) in [6.45, 7) is 6.44. The summed E-state index contributed by atoms with van der Waals surface area (Å²) in [4.78, 5) is 0. The number of halogens is 2. The van der Waals surface area contributed by atoms with E-state index in [9.17, 15) is 0 Å². The highest BCUT2D eigenvalue weighted by Crippen LogP contribution is 2.31. The van der Waals surface area contributed by atoms with Crippen LogP contribution in [0.2, 0.25) is 0 Å². The average molecular weight is 457 g/mol. The largest absolute Gasteiger partial charge is 0.497 e. The normalized spacial score (nSPS) is 12.3. The van der Waals surface area contributed by atoms with Crippen LogP contribution in [0, 0.1) is 0 Å². The number of benzene rings is 2. The maximum Gasteiger partial charge on any atom is 0.118 e. The zero-order chi connectivity index (χ0) is 20.2. The highest BCUT2D eigenvalue weighted by molar-refractivity contribution is 5.85. The van der Waals surface area contributed by atoms with Crippen molar-refractivity contribution in [3.05, 3.63) is 59.7 Å². The minimum absolute atomic E-state index is 0. The summed E-state index contributed by atoms with van der Waals surface area (Å²) in [6.07, 6.45) is 4.69. The van der Waals surface area contributed by atoms with Crippen LogP contribution in [0.4, 0.5) is 0 Å². The Balaban J connectivity index is 0.00000420. The summed E-state index contributed by atoms with van der Waals surface area (Å²) in [6, 6.07) is 17.2. The highest BCUT2D eigenvalue weighted by atomic mass is 35.5. The molecule has 0 bridgehead atoms. The minimum atomic E-state index is 0. The molecule has 0 aliphatic carbocycles. The maximum absolute atomic E-state index is 5.35. The Labute approximate surface area is 195 Å². The lowest BCUT2D eigenvalue weighted by Gasteiger charge is -2.30. The van der Waals surface area contributed by atoms with Gasteiger partial charge in [0.25, 0.3) is 0 Å². The average Bonchev–Trinajstić information content (AvgIpc) is 2.75. The molecule has 2 rings (SSSR count). The molecule has 2 unspecified atom stereocenters. The first kappa shape index (κ1) is 28.5. The minimum Gasteiger partial charge on any atom is -0.497 e. The number of hydrogen-bond acceptors (Lipinski definition) is 4. The number of ether oxygens (including phenoxy) is 2. The van der Waals surface area contributed by atoms with E-state index in [0.29, 0.717) is 0 Å². The van der Waals surface area contributed by atoms with Crippen LogP contribution in [0.3, 0.4) is 0 Å². The van der Waals surface area contributed by atoms with Crippen molar-refractivity contribution in [2.75, 3.05) is 27.3 Å². The van der Waals surface area contributed by atoms with Gasteiger partial charge in [0.05, 0.1) is 26.3 Å². The molecule has 0 spiro atoms. The zero-order valence-corrected chi connectivity index (χ0v) is 20.3. The third-order valence-corrected chi connectivity index (χ3v) is 5.07. The second-order valence-electron chi connectivity index (χ2n) is 7.12. The zero-order valence-electron chi connectivity index (χ0n) is 18.6. The van der Waals surface area contributed by atoms with Gasteiger partial charge in [-0.25, -0.2) is 0 Å². The molecule has 0 saturated heterocycles. The van der Waals surface area contributed by atoms with Gasteiger partial charge in [-0.05, 0) is 61.3 Å². The van der Waals surface area contributed by atoms with Crippen molar-refractivity contribution >= 4 is 24.8 Å². The summed E-state index contributed by atoms with van der Waals surface area (Å²) in [5.41, 5.74) is 2.53. The molecule has 4 nitrogen and oxygen atoms in total. The third-order valence-electron chi connectivity index (χ3n) is 5.07.